The number of ether oxygens (including phenoxy) is 1. The molecule has 10 nitrogen and oxygen atoms in total. The van der Waals surface area contributed by atoms with Crippen molar-refractivity contribution in [3.63, 3.8) is 0 Å². The first kappa shape index (κ1) is 17.0. The molecule has 0 aromatic heterocycles. The maximum atomic E-state index is 11.7. The normalized spacial score (nSPS) is 33.5. The molecule has 1 heterocycles. The van der Waals surface area contributed by atoms with Gasteiger partial charge in [0, 0.05) is 5.88 Å². The SMILES string of the molecule is O=NN(CCCl)C(=O)N[C@H]1[C@@H](O)[C@H](O)O[C@H](CO)[C@H]1O. The first-order valence-electron chi connectivity index (χ1n) is 5.74. The summed E-state index contributed by atoms with van der Waals surface area (Å²) in [7, 11) is 0. The van der Waals surface area contributed by atoms with Crippen molar-refractivity contribution in [3.8, 4) is 0 Å². The van der Waals surface area contributed by atoms with Crippen molar-refractivity contribution in [2.75, 3.05) is 19.0 Å². The number of hydrogen-bond acceptors (Lipinski definition) is 8. The summed E-state index contributed by atoms with van der Waals surface area (Å²) in [5.41, 5.74) is 0. The highest BCUT2D eigenvalue weighted by atomic mass is 35.5. The minimum atomic E-state index is -1.70. The molecule has 0 unspecified atom stereocenters. The summed E-state index contributed by atoms with van der Waals surface area (Å²) in [5, 5.41) is 42.9. The van der Waals surface area contributed by atoms with Gasteiger partial charge in [0.2, 0.25) is 0 Å². The van der Waals surface area contributed by atoms with Crippen LogP contribution in [0.4, 0.5) is 4.79 Å². The molecule has 1 aliphatic heterocycles. The zero-order chi connectivity index (χ0) is 15.3. The largest absolute Gasteiger partial charge is 0.394 e. The molecule has 1 rings (SSSR count). The van der Waals surface area contributed by atoms with Crippen LogP contribution in [0.3, 0.4) is 0 Å². The van der Waals surface area contributed by atoms with Crippen LogP contribution in [0.5, 0.6) is 0 Å². The lowest BCUT2D eigenvalue weighted by molar-refractivity contribution is -0.261. The molecule has 2 amide bonds. The minimum Gasteiger partial charge on any atom is -0.394 e. The van der Waals surface area contributed by atoms with Gasteiger partial charge in [-0.3, -0.25) is 0 Å². The van der Waals surface area contributed by atoms with E-state index in [4.69, 9.17) is 21.4 Å². The van der Waals surface area contributed by atoms with Gasteiger partial charge in [0.25, 0.3) is 0 Å². The number of nitrogens with zero attached hydrogens (tertiary/aromatic N) is 2. The van der Waals surface area contributed by atoms with Gasteiger partial charge in [-0.15, -0.1) is 16.5 Å². The molecule has 0 radical (unpaired) electrons. The molecule has 0 bridgehead atoms. The average molecular weight is 314 g/mol. The number of aliphatic hydroxyl groups excluding tert-OH is 4. The van der Waals surface area contributed by atoms with E-state index in [9.17, 15) is 25.0 Å². The van der Waals surface area contributed by atoms with E-state index in [2.05, 4.69) is 10.6 Å². The van der Waals surface area contributed by atoms with Crippen LogP contribution in [0.25, 0.3) is 0 Å². The summed E-state index contributed by atoms with van der Waals surface area (Å²) in [4.78, 5) is 22.1. The summed E-state index contributed by atoms with van der Waals surface area (Å²) in [5.74, 6) is -0.0417. The van der Waals surface area contributed by atoms with Crippen molar-refractivity contribution in [2.45, 2.75) is 30.6 Å². The second kappa shape index (κ2) is 7.67. The third-order valence-corrected chi connectivity index (χ3v) is 2.99. The molecule has 1 aliphatic rings. The molecule has 1 fully saturated rings. The van der Waals surface area contributed by atoms with E-state index in [0.717, 1.165) is 0 Å². The van der Waals surface area contributed by atoms with Crippen LogP contribution in [-0.2, 0) is 4.74 Å². The van der Waals surface area contributed by atoms with Gasteiger partial charge < -0.3 is 30.5 Å². The Morgan fingerprint density at radius 2 is 2.00 bits per heavy atom. The fraction of sp³-hybridized carbons (Fsp3) is 0.889. The minimum absolute atomic E-state index is 0.0417. The lowest BCUT2D eigenvalue weighted by Gasteiger charge is -2.40. The summed E-state index contributed by atoms with van der Waals surface area (Å²) in [6.07, 6.45) is -6.01. The Labute approximate surface area is 118 Å². The van der Waals surface area contributed by atoms with Gasteiger partial charge >= 0.3 is 6.03 Å². The topological polar surface area (TPSA) is 152 Å². The Bertz CT molecular complexity index is 348. The van der Waals surface area contributed by atoms with Crippen LogP contribution in [0.2, 0.25) is 0 Å². The van der Waals surface area contributed by atoms with Gasteiger partial charge in [-0.25, -0.2) is 4.79 Å². The second-order valence-corrected chi connectivity index (χ2v) is 4.48. The summed E-state index contributed by atoms with van der Waals surface area (Å²) < 4.78 is 4.74. The average Bonchev–Trinajstić information content (AvgIpc) is 2.44. The predicted octanol–water partition coefficient (Wildman–Crippen LogP) is -2.28. The molecule has 0 aromatic rings. The Balaban J connectivity index is 2.76. The monoisotopic (exact) mass is 313 g/mol. The molecule has 5 atom stereocenters. The van der Waals surface area contributed by atoms with Crippen molar-refractivity contribution < 1.29 is 30.0 Å². The number of carbonyl (C=O) groups is 1. The van der Waals surface area contributed by atoms with Crippen LogP contribution >= 0.6 is 11.6 Å². The molecule has 0 aliphatic carbocycles. The summed E-state index contributed by atoms with van der Waals surface area (Å²) >= 11 is 5.38. The first-order valence-corrected chi connectivity index (χ1v) is 6.27. The number of urea groups is 1. The zero-order valence-corrected chi connectivity index (χ0v) is 11.0. The smallest absolute Gasteiger partial charge is 0.340 e. The quantitative estimate of drug-likeness (QED) is 0.218. The number of hydrogen-bond donors (Lipinski definition) is 5. The molecule has 0 spiro atoms. The molecular formula is C9H16ClN3O7. The second-order valence-electron chi connectivity index (χ2n) is 4.10. The lowest BCUT2D eigenvalue weighted by Crippen LogP contribution is -2.65. The van der Waals surface area contributed by atoms with Crippen molar-refractivity contribution in [2.24, 2.45) is 5.29 Å². The zero-order valence-electron chi connectivity index (χ0n) is 10.3. The van der Waals surface area contributed by atoms with E-state index in [0.29, 0.717) is 5.01 Å². The molecule has 116 valence electrons. The number of halogens is 1. The maximum absolute atomic E-state index is 11.7. The van der Waals surface area contributed by atoms with E-state index >= 15 is 0 Å². The van der Waals surface area contributed by atoms with E-state index in [1.807, 2.05) is 0 Å². The number of nitrogens with one attached hydrogen (secondary N) is 1. The molecule has 20 heavy (non-hydrogen) atoms. The van der Waals surface area contributed by atoms with Gasteiger partial charge in [0.05, 0.1) is 24.5 Å². The number of carbonyl (C=O) groups excluding carboxylic acids is 1. The predicted molar refractivity (Wildman–Crippen MR) is 65.5 cm³/mol. The molecule has 0 saturated carbocycles. The van der Waals surface area contributed by atoms with E-state index in [1.54, 1.807) is 0 Å². The number of amides is 2. The Morgan fingerprint density at radius 3 is 2.50 bits per heavy atom. The maximum Gasteiger partial charge on any atom is 0.340 e. The van der Waals surface area contributed by atoms with Gasteiger partial charge in [0.1, 0.15) is 18.3 Å². The number of alkyl halides is 1. The number of aliphatic hydroxyl groups is 4. The molecule has 11 heteroatoms. The number of nitroso groups, excluding NO2 is 1. The van der Waals surface area contributed by atoms with Gasteiger partial charge in [-0.2, -0.15) is 5.01 Å². The van der Waals surface area contributed by atoms with Crippen LogP contribution in [-0.4, -0.2) is 81.1 Å². The Morgan fingerprint density at radius 1 is 1.35 bits per heavy atom. The Kier molecular flexibility index (Phi) is 6.52. The first-order chi connectivity index (χ1) is 9.46. The molecule has 5 N–H and O–H groups in total. The molecule has 1 saturated heterocycles. The van der Waals surface area contributed by atoms with Gasteiger partial charge in [0.15, 0.2) is 6.29 Å². The Hall–Kier alpha value is -1.04. The van der Waals surface area contributed by atoms with Crippen molar-refractivity contribution in [1.29, 1.82) is 0 Å². The van der Waals surface area contributed by atoms with Gasteiger partial charge in [-0.05, 0) is 0 Å². The third-order valence-electron chi connectivity index (χ3n) is 2.82. The highest BCUT2D eigenvalue weighted by Crippen LogP contribution is 2.20. The highest BCUT2D eigenvalue weighted by Gasteiger charge is 2.44. The highest BCUT2D eigenvalue weighted by molar-refractivity contribution is 6.18. The van der Waals surface area contributed by atoms with Crippen LogP contribution in [0.15, 0.2) is 5.29 Å². The van der Waals surface area contributed by atoms with Crippen LogP contribution in [0, 0.1) is 4.91 Å². The molecule has 0 aromatic carbocycles. The van der Waals surface area contributed by atoms with Crippen LogP contribution in [0.1, 0.15) is 0 Å². The van der Waals surface area contributed by atoms with Crippen molar-refractivity contribution >= 4 is 17.6 Å². The van der Waals surface area contributed by atoms with E-state index in [-0.39, 0.29) is 12.4 Å². The number of rotatable bonds is 5. The fourth-order valence-electron chi connectivity index (χ4n) is 1.75. The summed E-state index contributed by atoms with van der Waals surface area (Å²) in [6.45, 7) is -0.799. The standard InChI is InChI=1S/C9H16ClN3O7/c10-1-2-13(12-19)9(18)11-5-6(15)4(3-14)20-8(17)7(5)16/h4-8,14-17H,1-3H2,(H,11,18)/t4-,5-,6-,7-,8-/m1/s1. The summed E-state index contributed by atoms with van der Waals surface area (Å²) in [6, 6.07) is -2.35. The van der Waals surface area contributed by atoms with Crippen molar-refractivity contribution in [3.05, 3.63) is 4.91 Å². The fourth-order valence-corrected chi connectivity index (χ4v) is 1.91. The lowest BCUT2D eigenvalue weighted by atomic mass is 9.96. The third kappa shape index (κ3) is 3.75. The molecular weight excluding hydrogens is 298 g/mol. The van der Waals surface area contributed by atoms with Crippen molar-refractivity contribution in [1.82, 2.24) is 10.3 Å². The van der Waals surface area contributed by atoms with E-state index < -0.39 is 43.3 Å². The van der Waals surface area contributed by atoms with Gasteiger partial charge in [-0.1, -0.05) is 0 Å². The van der Waals surface area contributed by atoms with E-state index in [1.165, 1.54) is 0 Å². The van der Waals surface area contributed by atoms with Crippen LogP contribution < -0.4 is 5.32 Å².